The highest BCUT2D eigenvalue weighted by molar-refractivity contribution is 6.26. The van der Waals surface area contributed by atoms with Gasteiger partial charge < -0.3 is 9.47 Å². The van der Waals surface area contributed by atoms with Gasteiger partial charge in [0.05, 0.1) is 11.4 Å². The van der Waals surface area contributed by atoms with Gasteiger partial charge in [0.15, 0.2) is 0 Å². The van der Waals surface area contributed by atoms with Gasteiger partial charge in [-0.25, -0.2) is 0 Å². The van der Waals surface area contributed by atoms with Crippen LogP contribution < -0.4 is 9.47 Å². The van der Waals surface area contributed by atoms with Gasteiger partial charge in [0.1, 0.15) is 36.1 Å². The molecule has 0 N–H and O–H groups in total. The molecule has 0 aliphatic rings. The number of aliphatic imine (C=N–C) groups is 2. The van der Waals surface area contributed by atoms with Crippen molar-refractivity contribution in [1.82, 2.24) is 4.98 Å². The third-order valence-corrected chi connectivity index (χ3v) is 11.2. The highest BCUT2D eigenvalue weighted by Crippen LogP contribution is 2.38. The van der Waals surface area contributed by atoms with Gasteiger partial charge in [-0.3, -0.25) is 15.0 Å². The van der Waals surface area contributed by atoms with Crippen molar-refractivity contribution in [2.75, 3.05) is 0 Å². The molecule has 58 heavy (non-hydrogen) atoms. The molecule has 11 rings (SSSR count). The van der Waals surface area contributed by atoms with E-state index in [9.17, 15) is 0 Å². The molecule has 0 atom stereocenters. The van der Waals surface area contributed by atoms with Gasteiger partial charge in [0.2, 0.25) is 0 Å². The first-order chi connectivity index (χ1) is 28.7. The fourth-order valence-corrected chi connectivity index (χ4v) is 8.38. The summed E-state index contributed by atoms with van der Waals surface area (Å²) < 4.78 is 12.7. The predicted molar refractivity (Wildman–Crippen MR) is 241 cm³/mol. The summed E-state index contributed by atoms with van der Waals surface area (Å²) in [5, 5.41) is 15.0. The lowest BCUT2D eigenvalue weighted by Crippen LogP contribution is -2.03. The maximum atomic E-state index is 6.33. The van der Waals surface area contributed by atoms with E-state index in [1.54, 1.807) is 0 Å². The third-order valence-electron chi connectivity index (χ3n) is 11.2. The van der Waals surface area contributed by atoms with Gasteiger partial charge in [-0.1, -0.05) is 140 Å². The Kier molecular flexibility index (Phi) is 8.21. The van der Waals surface area contributed by atoms with Crippen molar-refractivity contribution < 1.29 is 9.47 Å². The van der Waals surface area contributed by atoms with E-state index in [4.69, 9.17) is 24.4 Å². The Bertz CT molecular complexity index is 3120. The summed E-state index contributed by atoms with van der Waals surface area (Å²) in [5.41, 5.74) is 5.24. The van der Waals surface area contributed by atoms with Crippen LogP contribution in [0.25, 0.3) is 64.6 Å². The maximum Gasteiger partial charge on any atom is 0.145 e. The van der Waals surface area contributed by atoms with Crippen LogP contribution in [0.5, 0.6) is 11.5 Å². The zero-order chi connectivity index (χ0) is 38.4. The van der Waals surface area contributed by atoms with Crippen LogP contribution in [-0.4, -0.2) is 17.4 Å². The zero-order valence-corrected chi connectivity index (χ0v) is 31.5. The number of rotatable bonds is 10. The zero-order valence-electron chi connectivity index (χ0n) is 31.5. The fourth-order valence-electron chi connectivity index (χ4n) is 8.38. The Labute approximate surface area is 334 Å². The Morgan fingerprint density at radius 2 is 0.741 bits per heavy atom. The molecule has 0 amide bonds. The number of aromatic nitrogens is 1. The Hall–Kier alpha value is -7.63. The molecule has 0 aliphatic carbocycles. The van der Waals surface area contributed by atoms with Gasteiger partial charge in [-0.15, -0.1) is 0 Å². The maximum absolute atomic E-state index is 6.33. The Morgan fingerprint density at radius 1 is 0.362 bits per heavy atom. The molecule has 10 aromatic carbocycles. The summed E-state index contributed by atoms with van der Waals surface area (Å²) in [6.07, 6.45) is 3.88. The molecular weight excluding hydrogens is 711 g/mol. The molecule has 0 saturated carbocycles. The quantitative estimate of drug-likeness (QED) is 0.103. The van der Waals surface area contributed by atoms with Crippen molar-refractivity contribution in [3.05, 3.63) is 198 Å². The third kappa shape index (κ3) is 6.01. The molecule has 0 bridgehead atoms. The van der Waals surface area contributed by atoms with E-state index in [0.717, 1.165) is 33.9 Å². The van der Waals surface area contributed by atoms with Crippen LogP contribution in [0, 0.1) is 0 Å². The highest BCUT2D eigenvalue weighted by Gasteiger charge is 2.13. The van der Waals surface area contributed by atoms with Crippen LogP contribution >= 0.6 is 0 Å². The van der Waals surface area contributed by atoms with Crippen molar-refractivity contribution in [2.24, 2.45) is 9.98 Å². The van der Waals surface area contributed by atoms with E-state index in [0.29, 0.717) is 24.7 Å². The molecule has 0 fully saturated rings. The average Bonchev–Trinajstić information content (AvgIpc) is 3.28. The molecule has 0 saturated heterocycles. The summed E-state index contributed by atoms with van der Waals surface area (Å²) in [6.45, 7) is 0.582. The van der Waals surface area contributed by atoms with Crippen molar-refractivity contribution in [1.29, 1.82) is 0 Å². The Morgan fingerprint density at radius 3 is 1.21 bits per heavy atom. The first-order valence-corrected chi connectivity index (χ1v) is 19.5. The minimum Gasteiger partial charge on any atom is -0.485 e. The minimum atomic E-state index is 0.291. The van der Waals surface area contributed by atoms with E-state index in [1.807, 2.05) is 79.2 Å². The van der Waals surface area contributed by atoms with Crippen LogP contribution in [0.1, 0.15) is 22.5 Å². The summed E-state index contributed by atoms with van der Waals surface area (Å²) in [7, 11) is 0. The molecule has 0 radical (unpaired) electrons. The number of pyridine rings is 1. The molecule has 274 valence electrons. The molecule has 5 heteroatoms. The van der Waals surface area contributed by atoms with Gasteiger partial charge in [-0.05, 0) is 101 Å². The number of hydrogen-bond acceptors (Lipinski definition) is 5. The summed E-state index contributed by atoms with van der Waals surface area (Å²) in [4.78, 5) is 14.7. The van der Waals surface area contributed by atoms with Gasteiger partial charge in [0, 0.05) is 23.6 Å². The van der Waals surface area contributed by atoms with E-state index < -0.39 is 0 Å². The van der Waals surface area contributed by atoms with Crippen LogP contribution in [0.15, 0.2) is 186 Å². The van der Waals surface area contributed by atoms with Crippen molar-refractivity contribution >= 4 is 88.4 Å². The monoisotopic (exact) mass is 745 g/mol. The van der Waals surface area contributed by atoms with E-state index in [2.05, 4.69) is 109 Å². The van der Waals surface area contributed by atoms with Crippen molar-refractivity contribution in [2.45, 2.75) is 13.2 Å². The fraction of sp³-hybridized carbons (Fsp3) is 0.0377. The molecule has 0 aliphatic heterocycles. The van der Waals surface area contributed by atoms with Crippen LogP contribution in [-0.2, 0) is 13.2 Å². The molecule has 1 aromatic heterocycles. The van der Waals surface area contributed by atoms with Crippen LogP contribution in [0.4, 0.5) is 11.4 Å². The van der Waals surface area contributed by atoms with E-state index in [-0.39, 0.29) is 0 Å². The molecule has 1 heterocycles. The molecule has 0 spiro atoms. The smallest absolute Gasteiger partial charge is 0.145 e. The number of nitrogens with zero attached hydrogens (tertiary/aromatic N) is 3. The molecule has 11 aromatic rings. The normalized spacial score (nSPS) is 12.1. The van der Waals surface area contributed by atoms with Gasteiger partial charge in [0.25, 0.3) is 0 Å². The summed E-state index contributed by atoms with van der Waals surface area (Å²) in [5.74, 6) is 1.38. The van der Waals surface area contributed by atoms with Gasteiger partial charge in [-0.2, -0.15) is 0 Å². The highest BCUT2D eigenvalue weighted by atomic mass is 16.5. The average molecular weight is 746 g/mol. The van der Waals surface area contributed by atoms with E-state index in [1.165, 1.54) is 64.6 Å². The summed E-state index contributed by atoms with van der Waals surface area (Å²) in [6, 6.07) is 60.9. The van der Waals surface area contributed by atoms with Crippen LogP contribution in [0.3, 0.4) is 0 Å². The standard InChI is InChI=1S/C53H35N3O2/c1-3-16-48(46(14-1)54-30-40-24-22-38-20-18-34-8-5-10-36-26-28-44(40)52(38)50(34)36)57-32-42-12-7-13-43(56-42)33-58-49-17-4-2-15-47(49)55-31-41-25-23-39-21-19-35-9-6-11-37-27-29-45(41)53(39)51(35)37/h1-31H,32-33H2. The first kappa shape index (κ1) is 33.7. The largest absolute Gasteiger partial charge is 0.485 e. The van der Waals surface area contributed by atoms with Crippen molar-refractivity contribution in [3.8, 4) is 11.5 Å². The lowest BCUT2D eigenvalue weighted by molar-refractivity contribution is 0.291. The SMILES string of the molecule is C(=Nc1ccccc1OCc1cccc(COc2ccccc2N=Cc2ccc3ccc4cccc5ccc2c3c45)n1)c1ccc2ccc3cccc4ccc1c2c34. The molecule has 5 nitrogen and oxygen atoms in total. The second-order valence-corrected chi connectivity index (χ2v) is 14.7. The number of benzene rings is 10. The number of ether oxygens (including phenoxy) is 2. The van der Waals surface area contributed by atoms with Crippen LogP contribution in [0.2, 0.25) is 0 Å². The van der Waals surface area contributed by atoms with E-state index >= 15 is 0 Å². The van der Waals surface area contributed by atoms with Gasteiger partial charge >= 0.3 is 0 Å². The second kappa shape index (κ2) is 14.1. The first-order valence-electron chi connectivity index (χ1n) is 19.5. The topological polar surface area (TPSA) is 56.1 Å². The molecule has 0 unspecified atom stereocenters. The Balaban J connectivity index is 0.795. The van der Waals surface area contributed by atoms with Crippen molar-refractivity contribution in [3.63, 3.8) is 0 Å². The predicted octanol–water partition coefficient (Wildman–Crippen LogP) is 13.5. The summed E-state index contributed by atoms with van der Waals surface area (Å²) >= 11 is 0. The second-order valence-electron chi connectivity index (χ2n) is 14.7. The minimum absolute atomic E-state index is 0.291. The lowest BCUT2D eigenvalue weighted by Gasteiger charge is -2.13. The molecular formula is C53H35N3O2. The lowest BCUT2D eigenvalue weighted by atomic mass is 9.92. The number of para-hydroxylation sites is 4. The number of hydrogen-bond donors (Lipinski definition) is 0.